The van der Waals surface area contributed by atoms with E-state index < -0.39 is 0 Å². The monoisotopic (exact) mass is 408 g/mol. The van der Waals surface area contributed by atoms with E-state index in [-0.39, 0.29) is 5.97 Å². The molecule has 0 atom stereocenters. The van der Waals surface area contributed by atoms with Crippen molar-refractivity contribution < 1.29 is 9.53 Å². The SMILES string of the molecule is CC(=O)OCCCCCCCCCCCC/C=C\CCI. The third kappa shape index (κ3) is 19.9. The van der Waals surface area contributed by atoms with Crippen molar-refractivity contribution in [2.45, 2.75) is 84.0 Å². The van der Waals surface area contributed by atoms with E-state index in [4.69, 9.17) is 4.74 Å². The van der Waals surface area contributed by atoms with Gasteiger partial charge in [0.05, 0.1) is 6.61 Å². The lowest BCUT2D eigenvalue weighted by Crippen LogP contribution is -2.00. The Morgan fingerprint density at radius 1 is 0.810 bits per heavy atom. The van der Waals surface area contributed by atoms with Gasteiger partial charge in [-0.25, -0.2) is 0 Å². The van der Waals surface area contributed by atoms with Crippen LogP contribution in [0.15, 0.2) is 12.2 Å². The van der Waals surface area contributed by atoms with Crippen molar-refractivity contribution in [2.75, 3.05) is 11.0 Å². The van der Waals surface area contributed by atoms with Gasteiger partial charge in [-0.3, -0.25) is 4.79 Å². The van der Waals surface area contributed by atoms with Gasteiger partial charge in [0.25, 0.3) is 0 Å². The highest BCUT2D eigenvalue weighted by Gasteiger charge is 1.95. The largest absolute Gasteiger partial charge is 0.466 e. The molecule has 0 saturated heterocycles. The lowest BCUT2D eigenvalue weighted by Gasteiger charge is -2.03. The van der Waals surface area contributed by atoms with Crippen LogP contribution >= 0.6 is 22.6 Å². The smallest absolute Gasteiger partial charge is 0.302 e. The van der Waals surface area contributed by atoms with Crippen LogP contribution in [0.25, 0.3) is 0 Å². The average molecular weight is 408 g/mol. The fourth-order valence-electron chi connectivity index (χ4n) is 2.29. The van der Waals surface area contributed by atoms with Crippen LogP contribution in [0.4, 0.5) is 0 Å². The Morgan fingerprint density at radius 2 is 1.29 bits per heavy atom. The number of carbonyl (C=O) groups is 1. The summed E-state index contributed by atoms with van der Waals surface area (Å²) < 4.78 is 6.15. The molecule has 0 aromatic heterocycles. The maximum absolute atomic E-state index is 10.6. The molecule has 3 heteroatoms. The van der Waals surface area contributed by atoms with Gasteiger partial charge in [-0.2, -0.15) is 0 Å². The van der Waals surface area contributed by atoms with Crippen molar-refractivity contribution in [3.8, 4) is 0 Å². The van der Waals surface area contributed by atoms with Gasteiger partial charge in [-0.15, -0.1) is 0 Å². The second-order valence-corrected chi connectivity index (χ2v) is 6.69. The van der Waals surface area contributed by atoms with E-state index in [0.29, 0.717) is 6.61 Å². The van der Waals surface area contributed by atoms with Crippen LogP contribution in [0.2, 0.25) is 0 Å². The van der Waals surface area contributed by atoms with E-state index in [0.717, 1.165) is 6.42 Å². The summed E-state index contributed by atoms with van der Waals surface area (Å²) in [7, 11) is 0. The standard InChI is InChI=1S/C18H33IO2/c1-18(20)21-17-15-13-11-9-7-5-3-2-4-6-8-10-12-14-16-19/h10,12H,2-9,11,13-17H2,1H3/b12-10-. The van der Waals surface area contributed by atoms with E-state index in [1.165, 1.54) is 82.0 Å². The first-order valence-corrected chi connectivity index (χ1v) is 10.1. The molecule has 0 unspecified atom stereocenters. The second kappa shape index (κ2) is 18.0. The van der Waals surface area contributed by atoms with Crippen LogP contribution in [0.3, 0.4) is 0 Å². The van der Waals surface area contributed by atoms with Crippen LogP contribution in [0.1, 0.15) is 84.0 Å². The average Bonchev–Trinajstić information content (AvgIpc) is 2.46. The highest BCUT2D eigenvalue weighted by atomic mass is 127. The first-order valence-electron chi connectivity index (χ1n) is 8.61. The van der Waals surface area contributed by atoms with Gasteiger partial charge in [0.2, 0.25) is 0 Å². The Morgan fingerprint density at radius 3 is 1.81 bits per heavy atom. The van der Waals surface area contributed by atoms with Crippen molar-refractivity contribution in [2.24, 2.45) is 0 Å². The highest BCUT2D eigenvalue weighted by molar-refractivity contribution is 14.1. The predicted octanol–water partition coefficient (Wildman–Crippen LogP) is 6.22. The van der Waals surface area contributed by atoms with Crippen LogP contribution in [-0.2, 0) is 9.53 Å². The summed E-state index contributed by atoms with van der Waals surface area (Å²) in [6.07, 6.45) is 20.2. The van der Waals surface area contributed by atoms with Crippen LogP contribution in [-0.4, -0.2) is 17.0 Å². The van der Waals surface area contributed by atoms with E-state index in [1.807, 2.05) is 0 Å². The number of hydrogen-bond acceptors (Lipinski definition) is 2. The fraction of sp³-hybridized carbons (Fsp3) is 0.833. The molecule has 0 saturated carbocycles. The Labute approximate surface area is 145 Å². The lowest BCUT2D eigenvalue weighted by atomic mass is 10.1. The third-order valence-electron chi connectivity index (χ3n) is 3.51. The minimum absolute atomic E-state index is 0.157. The summed E-state index contributed by atoms with van der Waals surface area (Å²) in [5, 5.41) is 0. The van der Waals surface area contributed by atoms with Gasteiger partial charge >= 0.3 is 5.97 Å². The second-order valence-electron chi connectivity index (χ2n) is 5.61. The van der Waals surface area contributed by atoms with Crippen LogP contribution in [0, 0.1) is 0 Å². The van der Waals surface area contributed by atoms with E-state index >= 15 is 0 Å². The minimum Gasteiger partial charge on any atom is -0.466 e. The van der Waals surface area contributed by atoms with Crippen molar-refractivity contribution in [1.82, 2.24) is 0 Å². The molecule has 0 N–H and O–H groups in total. The molecule has 0 radical (unpaired) electrons. The van der Waals surface area contributed by atoms with E-state index in [2.05, 4.69) is 34.7 Å². The van der Waals surface area contributed by atoms with Gasteiger partial charge in [0, 0.05) is 11.4 Å². The topological polar surface area (TPSA) is 26.3 Å². The number of allylic oxidation sites excluding steroid dienone is 2. The molecule has 0 bridgehead atoms. The zero-order chi connectivity index (χ0) is 15.6. The molecular weight excluding hydrogens is 375 g/mol. The zero-order valence-corrected chi connectivity index (χ0v) is 15.9. The number of halogens is 1. The van der Waals surface area contributed by atoms with Gasteiger partial charge in [0.15, 0.2) is 0 Å². The van der Waals surface area contributed by atoms with Gasteiger partial charge in [-0.05, 0) is 25.7 Å². The zero-order valence-electron chi connectivity index (χ0n) is 13.7. The van der Waals surface area contributed by atoms with Gasteiger partial charge in [-0.1, -0.05) is 86.1 Å². The van der Waals surface area contributed by atoms with Gasteiger partial charge < -0.3 is 4.74 Å². The van der Waals surface area contributed by atoms with E-state index in [9.17, 15) is 4.79 Å². The quantitative estimate of drug-likeness (QED) is 0.106. The molecule has 0 heterocycles. The summed E-state index contributed by atoms with van der Waals surface area (Å²) in [5.74, 6) is -0.157. The van der Waals surface area contributed by atoms with Crippen molar-refractivity contribution in [1.29, 1.82) is 0 Å². The number of ether oxygens (including phenoxy) is 1. The molecule has 0 aliphatic rings. The number of esters is 1. The van der Waals surface area contributed by atoms with Crippen LogP contribution < -0.4 is 0 Å². The first kappa shape index (κ1) is 20.9. The van der Waals surface area contributed by atoms with Crippen molar-refractivity contribution in [3.63, 3.8) is 0 Å². The molecule has 0 amide bonds. The summed E-state index contributed by atoms with van der Waals surface area (Å²) in [6.45, 7) is 2.07. The molecule has 2 nitrogen and oxygen atoms in total. The third-order valence-corrected chi connectivity index (χ3v) is 4.14. The van der Waals surface area contributed by atoms with Gasteiger partial charge in [0.1, 0.15) is 0 Å². The normalized spacial score (nSPS) is 11.1. The Kier molecular flexibility index (Phi) is 17.9. The molecule has 0 rings (SSSR count). The number of rotatable bonds is 15. The number of unbranched alkanes of at least 4 members (excludes halogenated alkanes) is 10. The van der Waals surface area contributed by atoms with Crippen molar-refractivity contribution >= 4 is 28.6 Å². The molecule has 0 aromatic carbocycles. The summed E-state index contributed by atoms with van der Waals surface area (Å²) in [4.78, 5) is 10.6. The predicted molar refractivity (Wildman–Crippen MR) is 100 cm³/mol. The number of hydrogen-bond donors (Lipinski definition) is 0. The summed E-state index contributed by atoms with van der Waals surface area (Å²) in [5.41, 5.74) is 0. The molecule has 0 fully saturated rings. The van der Waals surface area contributed by atoms with E-state index in [1.54, 1.807) is 0 Å². The highest BCUT2D eigenvalue weighted by Crippen LogP contribution is 2.11. The molecule has 0 aliphatic carbocycles. The molecule has 0 aromatic rings. The van der Waals surface area contributed by atoms with Crippen molar-refractivity contribution in [3.05, 3.63) is 12.2 Å². The maximum atomic E-state index is 10.6. The first-order chi connectivity index (χ1) is 10.3. The molecule has 124 valence electrons. The summed E-state index contributed by atoms with van der Waals surface area (Å²) in [6, 6.07) is 0. The Bertz CT molecular complexity index is 252. The fourth-order valence-corrected chi connectivity index (χ4v) is 2.65. The van der Waals surface area contributed by atoms with Crippen LogP contribution in [0.5, 0.6) is 0 Å². The number of carbonyl (C=O) groups excluding carboxylic acids is 1. The Hall–Kier alpha value is -0.0600. The number of alkyl halides is 1. The molecule has 21 heavy (non-hydrogen) atoms. The maximum Gasteiger partial charge on any atom is 0.302 e. The Balaban J connectivity index is 3.01. The molecule has 0 spiro atoms. The minimum atomic E-state index is -0.157. The lowest BCUT2D eigenvalue weighted by molar-refractivity contribution is -0.141. The molecular formula is C18H33IO2. The molecule has 0 aliphatic heterocycles. The summed E-state index contributed by atoms with van der Waals surface area (Å²) >= 11 is 2.42.